The summed E-state index contributed by atoms with van der Waals surface area (Å²) in [4.78, 5) is 35.3. The molecule has 1 aliphatic rings. The molecule has 0 unspecified atom stereocenters. The number of piperidine rings is 1. The summed E-state index contributed by atoms with van der Waals surface area (Å²) < 4.78 is 6.12. The van der Waals surface area contributed by atoms with E-state index in [4.69, 9.17) is 24.5 Å². The third-order valence-corrected chi connectivity index (χ3v) is 6.22. The molecule has 8 heteroatoms. The summed E-state index contributed by atoms with van der Waals surface area (Å²) in [5.74, 6) is -1.91. The average Bonchev–Trinajstić information content (AvgIpc) is 2.90. The highest BCUT2D eigenvalue weighted by atomic mass is 16.5. The summed E-state index contributed by atoms with van der Waals surface area (Å²) in [6.07, 6.45) is 6.31. The number of hydrogen-bond acceptors (Lipinski definition) is 5. The number of benzene rings is 2. The van der Waals surface area contributed by atoms with Gasteiger partial charge in [0.1, 0.15) is 12.4 Å². The number of likely N-dealkylation sites (tertiary alicyclic amines) is 1. The lowest BCUT2D eigenvalue weighted by Crippen LogP contribution is -2.35. The molecular weight excluding hydrogens is 460 g/mol. The minimum Gasteiger partial charge on any atom is -0.489 e. The van der Waals surface area contributed by atoms with Gasteiger partial charge in [-0.15, -0.1) is 0 Å². The zero-order chi connectivity index (χ0) is 25.8. The number of aryl methyl sites for hydroxylation is 1. The molecule has 0 atom stereocenters. The Hall–Kier alpha value is -3.91. The van der Waals surface area contributed by atoms with Crippen LogP contribution in [0.25, 0.3) is 0 Å². The molecule has 1 fully saturated rings. The molecule has 1 aliphatic heterocycles. The standard InChI is InChI=1S/C26H30N2O2.C2H2O4/c29-26-24(10-6-16-27-26)19-28-17-14-21(15-18-28)12-13-23-9-4-5-11-25(23)30-20-22-7-2-1-3-8-22;3-1(4)2(5)6/h1-11,16,21H,12-15,17-20H2,(H,27,29);(H,3,4)(H,5,6). The second-order valence-electron chi connectivity index (χ2n) is 8.77. The highest BCUT2D eigenvalue weighted by molar-refractivity contribution is 6.27. The van der Waals surface area contributed by atoms with Crippen LogP contribution in [0, 0.1) is 5.92 Å². The van der Waals surface area contributed by atoms with E-state index in [1.165, 1.54) is 30.4 Å². The van der Waals surface area contributed by atoms with E-state index in [-0.39, 0.29) is 5.56 Å². The molecule has 0 spiro atoms. The number of H-pyrrole nitrogens is 1. The van der Waals surface area contributed by atoms with Gasteiger partial charge in [0.05, 0.1) is 0 Å². The number of carbonyl (C=O) groups is 2. The Morgan fingerprint density at radius 3 is 2.19 bits per heavy atom. The number of aromatic nitrogens is 1. The maximum Gasteiger partial charge on any atom is 0.414 e. The Morgan fingerprint density at radius 2 is 1.53 bits per heavy atom. The second-order valence-corrected chi connectivity index (χ2v) is 8.77. The van der Waals surface area contributed by atoms with Gasteiger partial charge in [-0.2, -0.15) is 0 Å². The van der Waals surface area contributed by atoms with Crippen LogP contribution < -0.4 is 10.3 Å². The van der Waals surface area contributed by atoms with Gasteiger partial charge in [-0.3, -0.25) is 9.69 Å². The number of para-hydroxylation sites is 1. The lowest BCUT2D eigenvalue weighted by molar-refractivity contribution is -0.159. The fourth-order valence-electron chi connectivity index (χ4n) is 4.20. The molecule has 8 nitrogen and oxygen atoms in total. The predicted molar refractivity (Wildman–Crippen MR) is 136 cm³/mol. The van der Waals surface area contributed by atoms with Crippen molar-refractivity contribution >= 4 is 11.9 Å². The third-order valence-electron chi connectivity index (χ3n) is 6.22. The van der Waals surface area contributed by atoms with Gasteiger partial charge < -0.3 is 19.9 Å². The van der Waals surface area contributed by atoms with E-state index in [2.05, 4.69) is 40.2 Å². The molecular formula is C28H32N2O6. The lowest BCUT2D eigenvalue weighted by Gasteiger charge is -2.31. The number of rotatable bonds is 8. The van der Waals surface area contributed by atoms with Crippen molar-refractivity contribution in [3.05, 3.63) is 100.0 Å². The zero-order valence-electron chi connectivity index (χ0n) is 20.1. The van der Waals surface area contributed by atoms with E-state index in [0.29, 0.717) is 6.61 Å². The third kappa shape index (κ3) is 8.70. The van der Waals surface area contributed by atoms with E-state index < -0.39 is 11.9 Å². The summed E-state index contributed by atoms with van der Waals surface area (Å²) in [5, 5.41) is 14.8. The Bertz CT molecular complexity index is 1160. The van der Waals surface area contributed by atoms with E-state index in [1.54, 1.807) is 6.20 Å². The van der Waals surface area contributed by atoms with Gasteiger partial charge in [-0.25, -0.2) is 9.59 Å². The predicted octanol–water partition coefficient (Wildman–Crippen LogP) is 3.95. The van der Waals surface area contributed by atoms with Crippen molar-refractivity contribution in [2.45, 2.75) is 38.8 Å². The maximum absolute atomic E-state index is 11.9. The fourth-order valence-corrected chi connectivity index (χ4v) is 4.20. The number of carboxylic acid groups (broad SMARTS) is 2. The van der Waals surface area contributed by atoms with Crippen LogP contribution in [0.4, 0.5) is 0 Å². The molecule has 3 N–H and O–H groups in total. The summed E-state index contributed by atoms with van der Waals surface area (Å²) >= 11 is 0. The molecule has 0 bridgehead atoms. The number of carboxylic acids is 2. The van der Waals surface area contributed by atoms with Gasteiger partial charge in [0.2, 0.25) is 0 Å². The Balaban J connectivity index is 0.000000538. The summed E-state index contributed by atoms with van der Waals surface area (Å²) in [6, 6.07) is 22.6. The number of aliphatic carboxylic acids is 2. The molecule has 0 saturated carbocycles. The van der Waals surface area contributed by atoms with Crippen molar-refractivity contribution in [2.24, 2.45) is 5.92 Å². The maximum atomic E-state index is 11.9. The van der Waals surface area contributed by atoms with Crippen molar-refractivity contribution in [3.63, 3.8) is 0 Å². The first kappa shape index (κ1) is 26.7. The summed E-state index contributed by atoms with van der Waals surface area (Å²) in [6.45, 7) is 3.48. The molecule has 190 valence electrons. The smallest absolute Gasteiger partial charge is 0.414 e. The topological polar surface area (TPSA) is 120 Å². The Morgan fingerprint density at radius 1 is 0.889 bits per heavy atom. The number of nitrogens with zero attached hydrogens (tertiary/aromatic N) is 1. The van der Waals surface area contributed by atoms with Crippen LogP contribution in [-0.2, 0) is 29.2 Å². The molecule has 2 heterocycles. The van der Waals surface area contributed by atoms with Crippen LogP contribution in [0.3, 0.4) is 0 Å². The molecule has 0 radical (unpaired) electrons. The molecule has 1 saturated heterocycles. The van der Waals surface area contributed by atoms with Crippen LogP contribution in [0.2, 0.25) is 0 Å². The molecule has 0 amide bonds. The molecule has 36 heavy (non-hydrogen) atoms. The first-order chi connectivity index (χ1) is 17.4. The Kier molecular flexibility index (Phi) is 10.3. The first-order valence-corrected chi connectivity index (χ1v) is 12.0. The van der Waals surface area contributed by atoms with Crippen LogP contribution >= 0.6 is 0 Å². The normalized spacial score (nSPS) is 13.9. The quantitative estimate of drug-likeness (QED) is 0.407. The minimum atomic E-state index is -1.82. The average molecular weight is 493 g/mol. The van der Waals surface area contributed by atoms with Crippen LogP contribution in [0.1, 0.15) is 36.0 Å². The van der Waals surface area contributed by atoms with Crippen molar-refractivity contribution in [1.29, 1.82) is 0 Å². The molecule has 1 aromatic heterocycles. The van der Waals surface area contributed by atoms with E-state index in [0.717, 1.165) is 43.3 Å². The van der Waals surface area contributed by atoms with Gasteiger partial charge in [0.25, 0.3) is 5.56 Å². The molecule has 2 aromatic carbocycles. The fraction of sp³-hybridized carbons (Fsp3) is 0.321. The number of aromatic amines is 1. The number of nitrogens with one attached hydrogen (secondary N) is 1. The van der Waals surface area contributed by atoms with Crippen LogP contribution in [0.15, 0.2) is 77.7 Å². The van der Waals surface area contributed by atoms with Crippen molar-refractivity contribution in [3.8, 4) is 5.75 Å². The van der Waals surface area contributed by atoms with Crippen molar-refractivity contribution < 1.29 is 24.5 Å². The highest BCUT2D eigenvalue weighted by Gasteiger charge is 2.20. The summed E-state index contributed by atoms with van der Waals surface area (Å²) in [7, 11) is 0. The largest absolute Gasteiger partial charge is 0.489 e. The van der Waals surface area contributed by atoms with Gasteiger partial charge in [-0.1, -0.05) is 54.6 Å². The van der Waals surface area contributed by atoms with Crippen molar-refractivity contribution in [1.82, 2.24) is 9.88 Å². The second kappa shape index (κ2) is 13.8. The lowest BCUT2D eigenvalue weighted by atomic mass is 9.90. The monoisotopic (exact) mass is 492 g/mol. The number of hydrogen-bond donors (Lipinski definition) is 3. The van der Waals surface area contributed by atoms with E-state index in [9.17, 15) is 4.79 Å². The van der Waals surface area contributed by atoms with Gasteiger partial charge >= 0.3 is 11.9 Å². The van der Waals surface area contributed by atoms with E-state index in [1.807, 2.05) is 36.4 Å². The number of pyridine rings is 1. The highest BCUT2D eigenvalue weighted by Crippen LogP contribution is 2.27. The SMILES string of the molecule is O=C(O)C(=O)O.O=c1[nH]cccc1CN1CCC(CCc2ccccc2OCc2ccccc2)CC1. The zero-order valence-corrected chi connectivity index (χ0v) is 20.1. The van der Waals surface area contributed by atoms with Gasteiger partial charge in [-0.05, 0) is 68.0 Å². The molecule has 0 aliphatic carbocycles. The van der Waals surface area contributed by atoms with Crippen molar-refractivity contribution in [2.75, 3.05) is 13.1 Å². The van der Waals surface area contributed by atoms with Gasteiger partial charge in [0.15, 0.2) is 0 Å². The molecule has 4 rings (SSSR count). The molecule has 3 aromatic rings. The summed E-state index contributed by atoms with van der Waals surface area (Å²) in [5.41, 5.74) is 3.38. The minimum absolute atomic E-state index is 0.0340. The van der Waals surface area contributed by atoms with Crippen LogP contribution in [-0.4, -0.2) is 45.1 Å². The van der Waals surface area contributed by atoms with E-state index >= 15 is 0 Å². The number of ether oxygens (including phenoxy) is 1. The van der Waals surface area contributed by atoms with Crippen LogP contribution in [0.5, 0.6) is 5.75 Å². The van der Waals surface area contributed by atoms with Gasteiger partial charge in [0, 0.05) is 18.3 Å². The Labute approximate surface area is 210 Å². The first-order valence-electron chi connectivity index (χ1n) is 12.0.